The van der Waals surface area contributed by atoms with Gasteiger partial charge in [0.1, 0.15) is 6.04 Å². The summed E-state index contributed by atoms with van der Waals surface area (Å²) in [7, 11) is 0. The third-order valence-electron chi connectivity index (χ3n) is 3.28. The monoisotopic (exact) mass is 285 g/mol. The zero-order chi connectivity index (χ0) is 15.3. The molecule has 1 fully saturated rings. The van der Waals surface area contributed by atoms with Crippen molar-refractivity contribution in [3.8, 4) is 0 Å². The highest BCUT2D eigenvalue weighted by Gasteiger charge is 2.32. The van der Waals surface area contributed by atoms with Crippen molar-refractivity contribution in [2.45, 2.75) is 45.7 Å². The molecule has 2 unspecified atom stereocenters. The average molecular weight is 285 g/mol. The molecule has 1 aliphatic heterocycles. The third kappa shape index (κ3) is 5.16. The van der Waals surface area contributed by atoms with Gasteiger partial charge in [0.15, 0.2) is 0 Å². The van der Waals surface area contributed by atoms with E-state index in [0.29, 0.717) is 18.9 Å². The number of carbonyl (C=O) groups excluding carboxylic acids is 2. The number of hydrogen-bond acceptors (Lipinski definition) is 4. The number of rotatable bonds is 4. The number of piperidine rings is 1. The van der Waals surface area contributed by atoms with Crippen LogP contribution in [0.2, 0.25) is 0 Å². The third-order valence-corrected chi connectivity index (χ3v) is 3.28. The van der Waals surface area contributed by atoms with Gasteiger partial charge in [-0.05, 0) is 39.2 Å². The predicted molar refractivity (Wildman–Crippen MR) is 73.2 cm³/mol. The molecule has 1 saturated heterocycles. The summed E-state index contributed by atoms with van der Waals surface area (Å²) in [6, 6.07) is -1.27. The maximum absolute atomic E-state index is 11.7. The second-order valence-electron chi connectivity index (χ2n) is 5.63. The van der Waals surface area contributed by atoms with Crippen molar-refractivity contribution >= 4 is 17.9 Å². The van der Waals surface area contributed by atoms with Crippen molar-refractivity contribution in [2.75, 3.05) is 13.1 Å². The van der Waals surface area contributed by atoms with Gasteiger partial charge in [-0.25, -0.2) is 4.79 Å². The molecular weight excluding hydrogens is 262 g/mol. The summed E-state index contributed by atoms with van der Waals surface area (Å²) in [5.74, 6) is -1.07. The van der Waals surface area contributed by atoms with Crippen LogP contribution in [0.15, 0.2) is 0 Å². The first-order valence-electron chi connectivity index (χ1n) is 6.86. The molecule has 0 aliphatic carbocycles. The molecule has 2 atom stereocenters. The van der Waals surface area contributed by atoms with Gasteiger partial charge in [-0.15, -0.1) is 0 Å². The molecule has 0 saturated carbocycles. The smallest absolute Gasteiger partial charge is 0.321 e. The fourth-order valence-corrected chi connectivity index (χ4v) is 2.29. The van der Waals surface area contributed by atoms with Crippen LogP contribution in [0.4, 0.5) is 4.79 Å². The number of aliphatic carboxylic acids is 1. The molecule has 0 aromatic rings. The number of nitrogens with one attached hydrogen (secondary N) is 2. The van der Waals surface area contributed by atoms with Crippen LogP contribution in [-0.2, 0) is 9.59 Å². The lowest BCUT2D eigenvalue weighted by molar-refractivity contribution is -0.146. The SMILES string of the molecule is CC1CCN(CC(=O)NC(=O)NC(C)C)C(C(=O)O)C1. The number of imide groups is 1. The summed E-state index contributed by atoms with van der Waals surface area (Å²) in [4.78, 5) is 36.0. The van der Waals surface area contributed by atoms with Gasteiger partial charge in [0.05, 0.1) is 6.54 Å². The van der Waals surface area contributed by atoms with E-state index in [9.17, 15) is 19.5 Å². The zero-order valence-electron chi connectivity index (χ0n) is 12.2. The van der Waals surface area contributed by atoms with Crippen molar-refractivity contribution in [3.63, 3.8) is 0 Å². The van der Waals surface area contributed by atoms with E-state index in [2.05, 4.69) is 10.6 Å². The molecule has 0 spiro atoms. The number of carboxylic acid groups (broad SMARTS) is 1. The van der Waals surface area contributed by atoms with E-state index in [1.54, 1.807) is 18.7 Å². The number of amides is 3. The molecular formula is C13H23N3O4. The Hall–Kier alpha value is -1.63. The topological polar surface area (TPSA) is 98.7 Å². The summed E-state index contributed by atoms with van der Waals surface area (Å²) in [6.07, 6.45) is 1.38. The quantitative estimate of drug-likeness (QED) is 0.694. The summed E-state index contributed by atoms with van der Waals surface area (Å²) in [5.41, 5.74) is 0. The number of hydrogen-bond donors (Lipinski definition) is 3. The minimum atomic E-state index is -0.920. The molecule has 0 aromatic heterocycles. The van der Waals surface area contributed by atoms with Crippen LogP contribution < -0.4 is 10.6 Å². The maximum Gasteiger partial charge on any atom is 0.321 e. The first-order chi connectivity index (χ1) is 9.29. The fraction of sp³-hybridized carbons (Fsp3) is 0.769. The second-order valence-corrected chi connectivity index (χ2v) is 5.63. The first kappa shape index (κ1) is 16.4. The minimum Gasteiger partial charge on any atom is -0.480 e. The minimum absolute atomic E-state index is 0.0644. The van der Waals surface area contributed by atoms with E-state index >= 15 is 0 Å². The number of carboxylic acids is 1. The van der Waals surface area contributed by atoms with Crippen molar-refractivity contribution in [3.05, 3.63) is 0 Å². The van der Waals surface area contributed by atoms with Crippen molar-refractivity contribution in [2.24, 2.45) is 5.92 Å². The van der Waals surface area contributed by atoms with Crippen LogP contribution in [0, 0.1) is 5.92 Å². The molecule has 20 heavy (non-hydrogen) atoms. The number of urea groups is 1. The van der Waals surface area contributed by atoms with Crippen LogP contribution in [0.3, 0.4) is 0 Å². The molecule has 1 rings (SSSR count). The molecule has 0 aromatic carbocycles. The van der Waals surface area contributed by atoms with Crippen molar-refractivity contribution in [1.29, 1.82) is 0 Å². The van der Waals surface area contributed by atoms with E-state index < -0.39 is 23.9 Å². The van der Waals surface area contributed by atoms with E-state index in [-0.39, 0.29) is 12.6 Å². The molecule has 1 heterocycles. The molecule has 3 amide bonds. The summed E-state index contributed by atoms with van der Waals surface area (Å²) in [5, 5.41) is 13.9. The average Bonchev–Trinajstić information content (AvgIpc) is 2.29. The Morgan fingerprint density at radius 3 is 2.55 bits per heavy atom. The zero-order valence-corrected chi connectivity index (χ0v) is 12.2. The van der Waals surface area contributed by atoms with E-state index in [0.717, 1.165) is 6.42 Å². The Balaban J connectivity index is 2.51. The summed E-state index contributed by atoms with van der Waals surface area (Å²) in [6.45, 7) is 6.06. The Morgan fingerprint density at radius 2 is 2.00 bits per heavy atom. The van der Waals surface area contributed by atoms with Gasteiger partial charge in [0, 0.05) is 6.04 Å². The summed E-state index contributed by atoms with van der Waals surface area (Å²) >= 11 is 0. The largest absolute Gasteiger partial charge is 0.480 e. The number of likely N-dealkylation sites (tertiary alicyclic amines) is 1. The molecule has 114 valence electrons. The normalized spacial score (nSPS) is 23.4. The van der Waals surface area contributed by atoms with Crippen LogP contribution in [0.1, 0.15) is 33.6 Å². The Kier molecular flexibility index (Phi) is 5.94. The standard InChI is InChI=1S/C13H23N3O4/c1-8(2)14-13(20)15-11(17)7-16-5-4-9(3)6-10(16)12(18)19/h8-10H,4-7H2,1-3H3,(H,18,19)(H2,14,15,17,20). The van der Waals surface area contributed by atoms with E-state index in [1.165, 1.54) is 0 Å². The van der Waals surface area contributed by atoms with Gasteiger partial charge in [-0.1, -0.05) is 6.92 Å². The summed E-state index contributed by atoms with van der Waals surface area (Å²) < 4.78 is 0. The lowest BCUT2D eigenvalue weighted by Gasteiger charge is -2.35. The Bertz CT molecular complexity index is 384. The first-order valence-corrected chi connectivity index (χ1v) is 6.86. The number of nitrogens with zero attached hydrogens (tertiary/aromatic N) is 1. The van der Waals surface area contributed by atoms with Gasteiger partial charge in [-0.2, -0.15) is 0 Å². The Morgan fingerprint density at radius 1 is 1.35 bits per heavy atom. The van der Waals surface area contributed by atoms with Gasteiger partial charge >= 0.3 is 12.0 Å². The van der Waals surface area contributed by atoms with Gasteiger partial charge in [0.2, 0.25) is 5.91 Å². The van der Waals surface area contributed by atoms with Crippen LogP contribution in [0.25, 0.3) is 0 Å². The van der Waals surface area contributed by atoms with Crippen molar-refractivity contribution < 1.29 is 19.5 Å². The van der Waals surface area contributed by atoms with Gasteiger partial charge < -0.3 is 10.4 Å². The maximum atomic E-state index is 11.7. The molecule has 0 bridgehead atoms. The fourth-order valence-electron chi connectivity index (χ4n) is 2.29. The van der Waals surface area contributed by atoms with Gasteiger partial charge in [-0.3, -0.25) is 19.8 Å². The van der Waals surface area contributed by atoms with Crippen molar-refractivity contribution in [1.82, 2.24) is 15.5 Å². The van der Waals surface area contributed by atoms with Crippen LogP contribution in [-0.4, -0.2) is 53.1 Å². The molecule has 7 nitrogen and oxygen atoms in total. The molecule has 3 N–H and O–H groups in total. The highest BCUT2D eigenvalue weighted by Crippen LogP contribution is 2.22. The second kappa shape index (κ2) is 7.23. The predicted octanol–water partition coefficient (Wildman–Crippen LogP) is 0.406. The van der Waals surface area contributed by atoms with E-state index in [4.69, 9.17) is 0 Å². The van der Waals surface area contributed by atoms with E-state index in [1.807, 2.05) is 6.92 Å². The highest BCUT2D eigenvalue weighted by atomic mass is 16.4. The highest BCUT2D eigenvalue weighted by molar-refractivity contribution is 5.95. The Labute approximate surface area is 118 Å². The lowest BCUT2D eigenvalue weighted by atomic mass is 9.92. The lowest BCUT2D eigenvalue weighted by Crippen LogP contribution is -2.52. The molecule has 7 heteroatoms. The van der Waals surface area contributed by atoms with Crippen LogP contribution in [0.5, 0.6) is 0 Å². The van der Waals surface area contributed by atoms with Crippen LogP contribution >= 0.6 is 0 Å². The number of carbonyl (C=O) groups is 3. The molecule has 0 radical (unpaired) electrons. The van der Waals surface area contributed by atoms with Gasteiger partial charge in [0.25, 0.3) is 0 Å². The molecule has 1 aliphatic rings.